The third kappa shape index (κ3) is 2.61. The zero-order valence-electron chi connectivity index (χ0n) is 10.7. The molecule has 1 unspecified atom stereocenters. The highest BCUT2D eigenvalue weighted by Crippen LogP contribution is 2.35. The lowest BCUT2D eigenvalue weighted by Crippen LogP contribution is -2.30. The quantitative estimate of drug-likeness (QED) is 0.840. The van der Waals surface area contributed by atoms with Crippen molar-refractivity contribution in [3.63, 3.8) is 0 Å². The molecule has 5 heteroatoms. The first kappa shape index (κ1) is 11.5. The average Bonchev–Trinajstić information content (AvgIpc) is 2.90. The van der Waals surface area contributed by atoms with E-state index in [2.05, 4.69) is 31.3 Å². The number of aromatic nitrogens is 4. The van der Waals surface area contributed by atoms with Gasteiger partial charge in [0.15, 0.2) is 0 Å². The molecule has 96 valence electrons. The van der Waals surface area contributed by atoms with E-state index in [4.69, 9.17) is 0 Å². The van der Waals surface area contributed by atoms with Crippen molar-refractivity contribution < 1.29 is 0 Å². The van der Waals surface area contributed by atoms with Gasteiger partial charge in [0.25, 0.3) is 0 Å². The number of imidazole rings is 2. The van der Waals surface area contributed by atoms with Gasteiger partial charge in [0.1, 0.15) is 0 Å². The molecule has 0 aromatic carbocycles. The molecule has 0 radical (unpaired) electrons. The molecule has 0 saturated heterocycles. The van der Waals surface area contributed by atoms with Crippen molar-refractivity contribution in [3.8, 4) is 0 Å². The van der Waals surface area contributed by atoms with Crippen LogP contribution in [0.2, 0.25) is 0 Å². The zero-order chi connectivity index (χ0) is 12.4. The summed E-state index contributed by atoms with van der Waals surface area (Å²) >= 11 is 0. The summed E-state index contributed by atoms with van der Waals surface area (Å²) in [6.45, 7) is 4.02. The largest absolute Gasteiger partial charge is 0.336 e. The second kappa shape index (κ2) is 4.94. The van der Waals surface area contributed by atoms with Gasteiger partial charge >= 0.3 is 0 Å². The maximum atomic E-state index is 4.24. The maximum Gasteiger partial charge on any atom is 0.0951 e. The fourth-order valence-corrected chi connectivity index (χ4v) is 2.20. The fraction of sp³-hybridized carbons (Fsp3) is 0.538. The molecule has 0 amide bonds. The van der Waals surface area contributed by atoms with E-state index < -0.39 is 0 Å². The van der Waals surface area contributed by atoms with Crippen molar-refractivity contribution in [2.24, 2.45) is 0 Å². The van der Waals surface area contributed by atoms with Gasteiger partial charge in [-0.25, -0.2) is 9.97 Å². The molecule has 1 fully saturated rings. The summed E-state index contributed by atoms with van der Waals surface area (Å²) in [6, 6.07) is 1.12. The summed E-state index contributed by atoms with van der Waals surface area (Å²) in [5, 5.41) is 3.54. The van der Waals surface area contributed by atoms with Crippen molar-refractivity contribution >= 4 is 0 Å². The minimum atomic E-state index is 0.418. The van der Waals surface area contributed by atoms with Crippen LogP contribution in [0.15, 0.2) is 31.2 Å². The van der Waals surface area contributed by atoms with E-state index in [9.17, 15) is 0 Å². The summed E-state index contributed by atoms with van der Waals surface area (Å²) in [7, 11) is 0. The molecular weight excluding hydrogens is 226 g/mol. The smallest absolute Gasteiger partial charge is 0.0951 e. The Balaban J connectivity index is 1.52. The highest BCUT2D eigenvalue weighted by Gasteiger charge is 2.25. The third-order valence-electron chi connectivity index (χ3n) is 3.36. The van der Waals surface area contributed by atoms with E-state index in [0.717, 1.165) is 13.1 Å². The molecule has 2 heterocycles. The molecule has 0 spiro atoms. The molecule has 5 nitrogen and oxygen atoms in total. The first-order valence-electron chi connectivity index (χ1n) is 6.53. The zero-order valence-corrected chi connectivity index (χ0v) is 10.7. The van der Waals surface area contributed by atoms with Crippen LogP contribution >= 0.6 is 0 Å². The summed E-state index contributed by atoms with van der Waals surface area (Å²) in [4.78, 5) is 8.30. The molecule has 18 heavy (non-hydrogen) atoms. The Hall–Kier alpha value is -1.62. The van der Waals surface area contributed by atoms with Gasteiger partial charge in [0.05, 0.1) is 18.3 Å². The minimum Gasteiger partial charge on any atom is -0.336 e. The van der Waals surface area contributed by atoms with Crippen molar-refractivity contribution in [2.45, 2.75) is 44.9 Å². The van der Waals surface area contributed by atoms with Gasteiger partial charge in [0.2, 0.25) is 0 Å². The van der Waals surface area contributed by atoms with Crippen LogP contribution in [0.4, 0.5) is 0 Å². The van der Waals surface area contributed by atoms with Crippen LogP contribution in [0.1, 0.15) is 31.5 Å². The van der Waals surface area contributed by atoms with Gasteiger partial charge in [-0.3, -0.25) is 0 Å². The van der Waals surface area contributed by atoms with Crippen LogP contribution in [0.3, 0.4) is 0 Å². The molecule has 1 atom stereocenters. The van der Waals surface area contributed by atoms with Crippen LogP contribution in [0.5, 0.6) is 0 Å². The molecule has 1 aliphatic carbocycles. The summed E-state index contributed by atoms with van der Waals surface area (Å²) in [5.74, 6) is 0. The molecule has 0 aliphatic heterocycles. The second-order valence-electron chi connectivity index (χ2n) is 5.06. The average molecular weight is 245 g/mol. The minimum absolute atomic E-state index is 0.418. The predicted octanol–water partition coefficient (Wildman–Crippen LogP) is 1.59. The highest BCUT2D eigenvalue weighted by atomic mass is 15.1. The van der Waals surface area contributed by atoms with E-state index in [1.807, 2.05) is 31.2 Å². The van der Waals surface area contributed by atoms with E-state index in [0.29, 0.717) is 12.1 Å². The number of rotatable bonds is 6. The third-order valence-corrected chi connectivity index (χ3v) is 3.36. The lowest BCUT2D eigenvalue weighted by Gasteiger charge is -2.15. The standard InChI is InChI=1S/C13H19N5/c1-11(8-17-5-4-14-9-17)16-7-13-6-15-10-18(13)12-2-3-12/h4-6,9-12,16H,2-3,7-8H2,1H3. The Morgan fingerprint density at radius 2 is 2.28 bits per heavy atom. The number of hydrogen-bond acceptors (Lipinski definition) is 3. The Morgan fingerprint density at radius 3 is 3.00 bits per heavy atom. The lowest BCUT2D eigenvalue weighted by atomic mass is 10.3. The topological polar surface area (TPSA) is 47.7 Å². The number of nitrogens with one attached hydrogen (secondary N) is 1. The molecular formula is C13H19N5. The van der Waals surface area contributed by atoms with Gasteiger partial charge in [0, 0.05) is 43.8 Å². The van der Waals surface area contributed by atoms with Crippen molar-refractivity contribution in [1.82, 2.24) is 24.4 Å². The summed E-state index contributed by atoms with van der Waals surface area (Å²) in [5.41, 5.74) is 1.29. The maximum absolute atomic E-state index is 4.24. The van der Waals surface area contributed by atoms with Crippen molar-refractivity contribution in [3.05, 3.63) is 36.9 Å². The van der Waals surface area contributed by atoms with Gasteiger partial charge in [-0.1, -0.05) is 0 Å². The molecule has 0 bridgehead atoms. The first-order valence-corrected chi connectivity index (χ1v) is 6.53. The van der Waals surface area contributed by atoms with E-state index >= 15 is 0 Å². The summed E-state index contributed by atoms with van der Waals surface area (Å²) in [6.07, 6.45) is 12.2. The highest BCUT2D eigenvalue weighted by molar-refractivity contribution is 5.03. The Morgan fingerprint density at radius 1 is 1.39 bits per heavy atom. The van der Waals surface area contributed by atoms with Crippen molar-refractivity contribution in [1.29, 1.82) is 0 Å². The van der Waals surface area contributed by atoms with Crippen LogP contribution < -0.4 is 5.32 Å². The molecule has 1 N–H and O–H groups in total. The van der Waals surface area contributed by atoms with Crippen LogP contribution in [0, 0.1) is 0 Å². The second-order valence-corrected chi connectivity index (χ2v) is 5.06. The van der Waals surface area contributed by atoms with Gasteiger partial charge in [-0.15, -0.1) is 0 Å². The van der Waals surface area contributed by atoms with Gasteiger partial charge in [-0.2, -0.15) is 0 Å². The number of hydrogen-bond donors (Lipinski definition) is 1. The Labute approximate surface area is 107 Å². The van der Waals surface area contributed by atoms with Gasteiger partial charge < -0.3 is 14.5 Å². The Bertz CT molecular complexity index is 483. The molecule has 1 aliphatic rings. The molecule has 1 saturated carbocycles. The van der Waals surface area contributed by atoms with E-state index in [1.165, 1.54) is 18.5 Å². The predicted molar refractivity (Wildman–Crippen MR) is 69.0 cm³/mol. The van der Waals surface area contributed by atoms with Crippen LogP contribution in [-0.2, 0) is 13.1 Å². The van der Waals surface area contributed by atoms with Crippen molar-refractivity contribution in [2.75, 3.05) is 0 Å². The number of nitrogens with zero attached hydrogens (tertiary/aromatic N) is 4. The van der Waals surface area contributed by atoms with E-state index in [1.54, 1.807) is 0 Å². The van der Waals surface area contributed by atoms with Gasteiger partial charge in [-0.05, 0) is 19.8 Å². The fourth-order valence-electron chi connectivity index (χ4n) is 2.20. The normalized spacial score (nSPS) is 16.9. The molecule has 2 aromatic rings. The first-order chi connectivity index (χ1) is 8.83. The lowest BCUT2D eigenvalue weighted by molar-refractivity contribution is 0.466. The summed E-state index contributed by atoms with van der Waals surface area (Å²) < 4.78 is 4.40. The van der Waals surface area contributed by atoms with Crippen LogP contribution in [0.25, 0.3) is 0 Å². The molecule has 2 aromatic heterocycles. The van der Waals surface area contributed by atoms with E-state index in [-0.39, 0.29) is 0 Å². The SMILES string of the molecule is CC(Cn1ccnc1)NCc1cncn1C1CC1. The van der Waals surface area contributed by atoms with Crippen LogP contribution in [-0.4, -0.2) is 25.1 Å². The molecule has 3 rings (SSSR count). The monoisotopic (exact) mass is 245 g/mol. The Kier molecular flexibility index (Phi) is 3.15.